The molecule has 0 heterocycles. The van der Waals surface area contributed by atoms with Gasteiger partial charge < -0.3 is 20.5 Å². The molecule has 0 aromatic heterocycles. The first kappa shape index (κ1) is 15.4. The zero-order valence-electron chi connectivity index (χ0n) is 12.3. The molecule has 2 aromatic rings. The minimum absolute atomic E-state index is 0.354. The molecule has 0 fully saturated rings. The Balaban J connectivity index is 2.32. The van der Waals surface area contributed by atoms with Crippen LogP contribution in [0.2, 0.25) is 0 Å². The van der Waals surface area contributed by atoms with Crippen molar-refractivity contribution in [3.8, 4) is 0 Å². The smallest absolute Gasteiger partial charge is 0.339 e. The minimum Gasteiger partial charge on any atom is -0.465 e. The summed E-state index contributed by atoms with van der Waals surface area (Å²) in [5.74, 6) is -0.916. The quantitative estimate of drug-likeness (QED) is 0.666. The summed E-state index contributed by atoms with van der Waals surface area (Å²) in [6.07, 6.45) is 0. The molecule has 114 valence electrons. The second kappa shape index (κ2) is 6.62. The highest BCUT2D eigenvalue weighted by Crippen LogP contribution is 2.27. The first-order valence-corrected chi connectivity index (χ1v) is 6.49. The third-order valence-electron chi connectivity index (χ3n) is 3.07. The van der Waals surface area contributed by atoms with Gasteiger partial charge in [0, 0.05) is 0 Å². The second-order valence-corrected chi connectivity index (χ2v) is 4.46. The maximum atomic E-state index is 11.7. The van der Waals surface area contributed by atoms with Gasteiger partial charge in [0.2, 0.25) is 0 Å². The van der Waals surface area contributed by atoms with Crippen molar-refractivity contribution in [2.45, 2.75) is 0 Å². The molecule has 0 amide bonds. The number of hydrogen-bond donors (Lipinski definition) is 2. The van der Waals surface area contributed by atoms with Gasteiger partial charge in [-0.05, 0) is 30.3 Å². The number of methoxy groups -OCH3 is 2. The molecule has 2 rings (SSSR count). The summed E-state index contributed by atoms with van der Waals surface area (Å²) in [7, 11) is 2.62. The van der Waals surface area contributed by atoms with Crippen LogP contribution in [0.3, 0.4) is 0 Å². The molecule has 0 atom stereocenters. The van der Waals surface area contributed by atoms with Crippen molar-refractivity contribution in [1.82, 2.24) is 0 Å². The normalized spacial score (nSPS) is 9.91. The van der Waals surface area contributed by atoms with Crippen LogP contribution in [0.5, 0.6) is 0 Å². The van der Waals surface area contributed by atoms with Gasteiger partial charge in [0.15, 0.2) is 0 Å². The average molecular weight is 300 g/mol. The van der Waals surface area contributed by atoms with Crippen molar-refractivity contribution in [3.63, 3.8) is 0 Å². The minimum atomic E-state index is -0.465. The van der Waals surface area contributed by atoms with Gasteiger partial charge in [-0.15, -0.1) is 0 Å². The van der Waals surface area contributed by atoms with E-state index in [9.17, 15) is 9.59 Å². The molecule has 0 aliphatic rings. The van der Waals surface area contributed by atoms with Crippen LogP contribution in [0.4, 0.5) is 17.1 Å². The summed E-state index contributed by atoms with van der Waals surface area (Å²) >= 11 is 0. The fourth-order valence-electron chi connectivity index (χ4n) is 1.95. The molecule has 0 spiro atoms. The molecule has 22 heavy (non-hydrogen) atoms. The summed E-state index contributed by atoms with van der Waals surface area (Å²) in [6.45, 7) is 0. The Bertz CT molecular complexity index is 713. The molecule has 0 aliphatic carbocycles. The first-order valence-electron chi connectivity index (χ1n) is 6.49. The van der Waals surface area contributed by atoms with Crippen LogP contribution in [-0.4, -0.2) is 26.2 Å². The van der Waals surface area contributed by atoms with Crippen LogP contribution >= 0.6 is 0 Å². The van der Waals surface area contributed by atoms with Gasteiger partial charge in [-0.2, -0.15) is 0 Å². The van der Waals surface area contributed by atoms with Gasteiger partial charge >= 0.3 is 11.9 Å². The van der Waals surface area contributed by atoms with E-state index < -0.39 is 11.9 Å². The molecule has 6 nitrogen and oxygen atoms in total. The first-order chi connectivity index (χ1) is 10.6. The van der Waals surface area contributed by atoms with E-state index >= 15 is 0 Å². The van der Waals surface area contributed by atoms with Crippen LogP contribution in [-0.2, 0) is 9.47 Å². The Morgan fingerprint density at radius 3 is 2.27 bits per heavy atom. The zero-order valence-corrected chi connectivity index (χ0v) is 12.3. The summed E-state index contributed by atoms with van der Waals surface area (Å²) in [4.78, 5) is 23.2. The lowest BCUT2D eigenvalue weighted by atomic mass is 10.1. The van der Waals surface area contributed by atoms with E-state index in [1.807, 2.05) is 0 Å². The predicted octanol–water partition coefficient (Wildman–Crippen LogP) is 2.59. The largest absolute Gasteiger partial charge is 0.465 e. The van der Waals surface area contributed by atoms with Gasteiger partial charge in [-0.1, -0.05) is 12.1 Å². The number of nitrogens with one attached hydrogen (secondary N) is 1. The lowest BCUT2D eigenvalue weighted by Gasteiger charge is -2.13. The highest BCUT2D eigenvalue weighted by molar-refractivity contribution is 5.97. The van der Waals surface area contributed by atoms with Gasteiger partial charge in [0.1, 0.15) is 0 Å². The number of nitrogen functional groups attached to an aromatic ring is 1. The van der Waals surface area contributed by atoms with Crippen LogP contribution < -0.4 is 11.1 Å². The van der Waals surface area contributed by atoms with Crippen molar-refractivity contribution in [2.75, 3.05) is 25.3 Å². The van der Waals surface area contributed by atoms with E-state index in [1.165, 1.54) is 20.3 Å². The van der Waals surface area contributed by atoms with Gasteiger partial charge in [-0.25, -0.2) is 9.59 Å². The van der Waals surface area contributed by atoms with Crippen molar-refractivity contribution in [2.24, 2.45) is 0 Å². The standard InChI is InChI=1S/C16H16N2O4/c1-21-15(19)10-7-8-14(12(17)9-10)18-13-6-4-3-5-11(13)16(20)22-2/h3-9,18H,17H2,1-2H3. The third-order valence-corrected chi connectivity index (χ3v) is 3.07. The summed E-state index contributed by atoms with van der Waals surface area (Å²) in [5.41, 5.74) is 8.18. The Morgan fingerprint density at radius 1 is 0.955 bits per heavy atom. The van der Waals surface area contributed by atoms with Crippen molar-refractivity contribution >= 4 is 29.0 Å². The van der Waals surface area contributed by atoms with Gasteiger partial charge in [0.25, 0.3) is 0 Å². The average Bonchev–Trinajstić information content (AvgIpc) is 2.55. The van der Waals surface area contributed by atoms with E-state index in [0.29, 0.717) is 28.2 Å². The number of hydrogen-bond acceptors (Lipinski definition) is 6. The number of ether oxygens (including phenoxy) is 2. The Kier molecular flexibility index (Phi) is 4.63. The molecule has 6 heteroatoms. The number of carbonyl (C=O) groups excluding carboxylic acids is 2. The fourth-order valence-corrected chi connectivity index (χ4v) is 1.95. The number of benzene rings is 2. The molecular weight excluding hydrogens is 284 g/mol. The molecule has 0 bridgehead atoms. The Morgan fingerprint density at radius 2 is 1.64 bits per heavy atom. The second-order valence-electron chi connectivity index (χ2n) is 4.46. The van der Waals surface area contributed by atoms with Crippen molar-refractivity contribution in [3.05, 3.63) is 53.6 Å². The summed E-state index contributed by atoms with van der Waals surface area (Å²) < 4.78 is 9.38. The van der Waals surface area contributed by atoms with Crippen LogP contribution in [0.25, 0.3) is 0 Å². The van der Waals surface area contributed by atoms with Crippen LogP contribution in [0.15, 0.2) is 42.5 Å². The van der Waals surface area contributed by atoms with E-state index in [4.69, 9.17) is 10.5 Å². The number of para-hydroxylation sites is 1. The fraction of sp³-hybridized carbons (Fsp3) is 0.125. The number of esters is 2. The monoisotopic (exact) mass is 300 g/mol. The number of nitrogens with two attached hydrogens (primary N) is 1. The molecule has 0 aliphatic heterocycles. The Hall–Kier alpha value is -3.02. The SMILES string of the molecule is COC(=O)c1ccc(Nc2ccccc2C(=O)OC)c(N)c1. The number of anilines is 3. The molecular formula is C16H16N2O4. The highest BCUT2D eigenvalue weighted by atomic mass is 16.5. The van der Waals surface area contributed by atoms with Crippen molar-refractivity contribution in [1.29, 1.82) is 0 Å². The molecule has 2 aromatic carbocycles. The van der Waals surface area contributed by atoms with Gasteiger partial charge in [-0.3, -0.25) is 0 Å². The molecule has 0 unspecified atom stereocenters. The molecule has 0 saturated heterocycles. The third kappa shape index (κ3) is 3.17. The van der Waals surface area contributed by atoms with Crippen LogP contribution in [0.1, 0.15) is 20.7 Å². The summed E-state index contributed by atoms with van der Waals surface area (Å²) in [5, 5.41) is 3.06. The highest BCUT2D eigenvalue weighted by Gasteiger charge is 2.13. The van der Waals surface area contributed by atoms with E-state index in [0.717, 1.165) is 0 Å². The van der Waals surface area contributed by atoms with Crippen molar-refractivity contribution < 1.29 is 19.1 Å². The summed E-state index contributed by atoms with van der Waals surface area (Å²) in [6, 6.07) is 11.7. The zero-order chi connectivity index (χ0) is 16.1. The predicted molar refractivity (Wildman–Crippen MR) is 83.3 cm³/mol. The molecule has 0 radical (unpaired) electrons. The molecule has 0 saturated carbocycles. The van der Waals surface area contributed by atoms with E-state index in [2.05, 4.69) is 10.1 Å². The lowest BCUT2D eigenvalue weighted by Crippen LogP contribution is -2.07. The van der Waals surface area contributed by atoms with Gasteiger partial charge in [0.05, 0.1) is 42.4 Å². The molecule has 3 N–H and O–H groups in total. The number of rotatable bonds is 4. The van der Waals surface area contributed by atoms with E-state index in [1.54, 1.807) is 36.4 Å². The topological polar surface area (TPSA) is 90.6 Å². The lowest BCUT2D eigenvalue weighted by molar-refractivity contribution is 0.0592. The maximum Gasteiger partial charge on any atom is 0.339 e. The Labute approximate surface area is 127 Å². The number of carbonyl (C=O) groups is 2. The maximum absolute atomic E-state index is 11.7. The van der Waals surface area contributed by atoms with Crippen LogP contribution in [0, 0.1) is 0 Å². The van der Waals surface area contributed by atoms with E-state index in [-0.39, 0.29) is 0 Å².